The van der Waals surface area contributed by atoms with Gasteiger partial charge in [0.25, 0.3) is 0 Å². The molecule has 1 saturated heterocycles. The molecule has 0 saturated carbocycles. The van der Waals surface area contributed by atoms with Crippen molar-refractivity contribution in [3.63, 3.8) is 0 Å². The predicted octanol–water partition coefficient (Wildman–Crippen LogP) is 2.85. The predicted molar refractivity (Wildman–Crippen MR) is 78.7 cm³/mol. The maximum absolute atomic E-state index is 12.5. The molecule has 0 aromatic carbocycles. The summed E-state index contributed by atoms with van der Waals surface area (Å²) < 4.78 is 0. The zero-order valence-electron chi connectivity index (χ0n) is 13.1. The lowest BCUT2D eigenvalue weighted by molar-refractivity contribution is -0.145. The highest BCUT2D eigenvalue weighted by Crippen LogP contribution is 2.25. The third-order valence-electron chi connectivity index (χ3n) is 4.85. The van der Waals surface area contributed by atoms with E-state index in [9.17, 15) is 14.7 Å². The molecule has 0 spiro atoms. The van der Waals surface area contributed by atoms with Crippen LogP contribution in [-0.4, -0.2) is 40.1 Å². The first kappa shape index (κ1) is 16.8. The maximum atomic E-state index is 12.5. The summed E-state index contributed by atoms with van der Waals surface area (Å²) in [6.45, 7) is 8.60. The van der Waals surface area contributed by atoms with Crippen molar-refractivity contribution < 1.29 is 14.7 Å². The standard InChI is InChI=1S/C15H28N2O3/c1-5-15(6-2,7-3)16-14(20)17-10-8-9-11(4)12(17)13(18)19/h11-12H,5-10H2,1-4H3,(H,16,20)(H,18,19). The molecule has 2 atom stereocenters. The van der Waals surface area contributed by atoms with E-state index in [2.05, 4.69) is 26.1 Å². The van der Waals surface area contributed by atoms with Crippen molar-refractivity contribution in [2.24, 2.45) is 5.92 Å². The smallest absolute Gasteiger partial charge is 0.326 e. The van der Waals surface area contributed by atoms with Gasteiger partial charge >= 0.3 is 12.0 Å². The van der Waals surface area contributed by atoms with Crippen LogP contribution in [-0.2, 0) is 4.79 Å². The lowest BCUT2D eigenvalue weighted by Crippen LogP contribution is -2.59. The van der Waals surface area contributed by atoms with Crippen LogP contribution in [0.25, 0.3) is 0 Å². The molecule has 5 heteroatoms. The van der Waals surface area contributed by atoms with Gasteiger partial charge < -0.3 is 15.3 Å². The Hall–Kier alpha value is -1.26. The van der Waals surface area contributed by atoms with Crippen LogP contribution in [0.4, 0.5) is 4.79 Å². The molecule has 0 bridgehead atoms. The van der Waals surface area contributed by atoms with Crippen molar-refractivity contribution in [1.29, 1.82) is 0 Å². The summed E-state index contributed by atoms with van der Waals surface area (Å²) in [6.07, 6.45) is 4.30. The highest BCUT2D eigenvalue weighted by Gasteiger charge is 2.39. The van der Waals surface area contributed by atoms with E-state index in [1.54, 1.807) is 0 Å². The first-order chi connectivity index (χ1) is 9.40. The number of piperidine rings is 1. The van der Waals surface area contributed by atoms with Gasteiger partial charge in [-0.25, -0.2) is 9.59 Å². The quantitative estimate of drug-likeness (QED) is 0.815. The summed E-state index contributed by atoms with van der Waals surface area (Å²) >= 11 is 0. The third-order valence-corrected chi connectivity index (χ3v) is 4.85. The van der Waals surface area contributed by atoms with E-state index in [1.807, 2.05) is 6.92 Å². The van der Waals surface area contributed by atoms with Gasteiger partial charge in [-0.15, -0.1) is 0 Å². The summed E-state index contributed by atoms with van der Waals surface area (Å²) in [5.74, 6) is -0.895. The minimum atomic E-state index is -0.901. The number of rotatable bonds is 5. The third kappa shape index (κ3) is 3.44. The van der Waals surface area contributed by atoms with Crippen LogP contribution in [0.1, 0.15) is 59.8 Å². The number of amides is 2. The van der Waals surface area contributed by atoms with E-state index in [0.29, 0.717) is 6.54 Å². The molecule has 1 rings (SSSR count). The van der Waals surface area contributed by atoms with Gasteiger partial charge in [-0.2, -0.15) is 0 Å². The average Bonchev–Trinajstić information content (AvgIpc) is 2.44. The number of carbonyl (C=O) groups is 2. The van der Waals surface area contributed by atoms with Gasteiger partial charge in [0, 0.05) is 12.1 Å². The zero-order valence-corrected chi connectivity index (χ0v) is 13.1. The highest BCUT2D eigenvalue weighted by molar-refractivity contribution is 5.83. The Kier molecular flexibility index (Phi) is 5.84. The van der Waals surface area contributed by atoms with Crippen molar-refractivity contribution in [1.82, 2.24) is 10.2 Å². The second-order valence-electron chi connectivity index (χ2n) is 5.87. The van der Waals surface area contributed by atoms with E-state index in [1.165, 1.54) is 4.90 Å². The normalized spacial score (nSPS) is 23.5. The first-order valence-electron chi connectivity index (χ1n) is 7.72. The van der Waals surface area contributed by atoms with Crippen molar-refractivity contribution in [3.05, 3.63) is 0 Å². The van der Waals surface area contributed by atoms with Crippen LogP contribution >= 0.6 is 0 Å². The van der Waals surface area contributed by atoms with E-state index in [0.717, 1.165) is 32.1 Å². The highest BCUT2D eigenvalue weighted by atomic mass is 16.4. The Morgan fingerprint density at radius 3 is 2.25 bits per heavy atom. The lowest BCUT2D eigenvalue weighted by atomic mass is 9.89. The van der Waals surface area contributed by atoms with Crippen molar-refractivity contribution in [3.8, 4) is 0 Å². The van der Waals surface area contributed by atoms with Gasteiger partial charge in [0.1, 0.15) is 6.04 Å². The molecule has 0 aliphatic carbocycles. The number of nitrogens with zero attached hydrogens (tertiary/aromatic N) is 1. The molecule has 5 nitrogen and oxygen atoms in total. The molecule has 0 aromatic rings. The van der Waals surface area contributed by atoms with Crippen LogP contribution < -0.4 is 5.32 Å². The average molecular weight is 284 g/mol. The molecule has 0 radical (unpaired) electrons. The van der Waals surface area contributed by atoms with E-state index >= 15 is 0 Å². The molecule has 2 N–H and O–H groups in total. The monoisotopic (exact) mass is 284 g/mol. The molecule has 2 unspecified atom stereocenters. The number of carboxylic acid groups (broad SMARTS) is 1. The van der Waals surface area contributed by atoms with Crippen LogP contribution in [0.15, 0.2) is 0 Å². The maximum Gasteiger partial charge on any atom is 0.326 e. The summed E-state index contributed by atoms with van der Waals surface area (Å²) in [5.41, 5.74) is -0.221. The van der Waals surface area contributed by atoms with Gasteiger partial charge in [-0.05, 0) is 38.0 Å². The summed E-state index contributed by atoms with van der Waals surface area (Å²) in [4.78, 5) is 25.4. The molecule has 2 amide bonds. The van der Waals surface area contributed by atoms with Crippen LogP contribution in [0.5, 0.6) is 0 Å². The van der Waals surface area contributed by atoms with E-state index in [4.69, 9.17) is 0 Å². The number of hydrogen-bond donors (Lipinski definition) is 2. The Labute approximate surface area is 121 Å². The Morgan fingerprint density at radius 1 is 1.25 bits per heavy atom. The second kappa shape index (κ2) is 6.95. The number of urea groups is 1. The van der Waals surface area contributed by atoms with Crippen molar-refractivity contribution in [2.45, 2.75) is 71.4 Å². The van der Waals surface area contributed by atoms with Gasteiger partial charge in [-0.1, -0.05) is 27.7 Å². The van der Waals surface area contributed by atoms with Crippen LogP contribution in [0, 0.1) is 5.92 Å². The molecule has 20 heavy (non-hydrogen) atoms. The summed E-state index contributed by atoms with van der Waals surface area (Å²) in [5, 5.41) is 12.5. The molecular formula is C15H28N2O3. The Balaban J connectivity index is 2.86. The fourth-order valence-electron chi connectivity index (χ4n) is 3.11. The fourth-order valence-corrected chi connectivity index (χ4v) is 3.11. The SMILES string of the molecule is CCC(CC)(CC)NC(=O)N1CCCC(C)C1C(=O)O. The number of hydrogen-bond acceptors (Lipinski definition) is 2. The molecular weight excluding hydrogens is 256 g/mol. The minimum absolute atomic E-state index is 0.00581. The van der Waals surface area contributed by atoms with Crippen LogP contribution in [0.2, 0.25) is 0 Å². The zero-order chi connectivity index (χ0) is 15.3. The molecule has 1 fully saturated rings. The Bertz CT molecular complexity index is 345. The molecule has 1 aliphatic rings. The second-order valence-corrected chi connectivity index (χ2v) is 5.87. The number of carbonyl (C=O) groups excluding carboxylic acids is 1. The van der Waals surface area contributed by atoms with Gasteiger partial charge in [-0.3, -0.25) is 0 Å². The molecule has 116 valence electrons. The molecule has 1 heterocycles. The van der Waals surface area contributed by atoms with Crippen LogP contribution in [0.3, 0.4) is 0 Å². The number of nitrogens with one attached hydrogen (secondary N) is 1. The number of carboxylic acids is 1. The minimum Gasteiger partial charge on any atom is -0.480 e. The van der Waals surface area contributed by atoms with Crippen molar-refractivity contribution >= 4 is 12.0 Å². The Morgan fingerprint density at radius 2 is 1.80 bits per heavy atom. The number of aliphatic carboxylic acids is 1. The summed E-state index contributed by atoms with van der Waals surface area (Å²) in [6, 6.07) is -0.929. The van der Waals surface area contributed by atoms with E-state index < -0.39 is 12.0 Å². The lowest BCUT2D eigenvalue weighted by Gasteiger charge is -2.40. The fraction of sp³-hybridized carbons (Fsp3) is 0.867. The van der Waals surface area contributed by atoms with Gasteiger partial charge in [0.2, 0.25) is 0 Å². The largest absolute Gasteiger partial charge is 0.480 e. The van der Waals surface area contributed by atoms with Gasteiger partial charge in [0.05, 0.1) is 0 Å². The molecule has 0 aromatic heterocycles. The van der Waals surface area contributed by atoms with E-state index in [-0.39, 0.29) is 17.5 Å². The topological polar surface area (TPSA) is 69.6 Å². The molecule has 1 aliphatic heterocycles. The number of likely N-dealkylation sites (tertiary alicyclic amines) is 1. The van der Waals surface area contributed by atoms with Crippen molar-refractivity contribution in [2.75, 3.05) is 6.54 Å². The van der Waals surface area contributed by atoms with Gasteiger partial charge in [0.15, 0.2) is 0 Å². The summed E-state index contributed by atoms with van der Waals surface area (Å²) in [7, 11) is 0. The first-order valence-corrected chi connectivity index (χ1v) is 7.72.